The number of hydrogen-bond donors (Lipinski definition) is 2. The van der Waals surface area contributed by atoms with Gasteiger partial charge in [-0.2, -0.15) is 0 Å². The second kappa shape index (κ2) is 8.55. The summed E-state index contributed by atoms with van der Waals surface area (Å²) in [4.78, 5) is 14.1. The lowest BCUT2D eigenvalue weighted by atomic mass is 10.1. The smallest absolute Gasteiger partial charge is 0.242 e. The molecule has 1 amide bonds. The van der Waals surface area contributed by atoms with Crippen molar-refractivity contribution < 1.29 is 4.79 Å². The van der Waals surface area contributed by atoms with Crippen LogP contribution in [0.4, 0.5) is 11.4 Å². The third-order valence-electron chi connectivity index (χ3n) is 3.55. The summed E-state index contributed by atoms with van der Waals surface area (Å²) >= 11 is 0. The van der Waals surface area contributed by atoms with Gasteiger partial charge in [0.2, 0.25) is 5.91 Å². The molecule has 1 aromatic carbocycles. The van der Waals surface area contributed by atoms with Crippen molar-refractivity contribution in [1.29, 1.82) is 0 Å². The summed E-state index contributed by atoms with van der Waals surface area (Å²) < 4.78 is 0. The average molecular weight is 291 g/mol. The predicted molar refractivity (Wildman–Crippen MR) is 91.1 cm³/mol. The summed E-state index contributed by atoms with van der Waals surface area (Å²) in [7, 11) is 4.05. The molecule has 0 bridgehead atoms. The average Bonchev–Trinajstić information content (AvgIpc) is 2.45. The molecule has 0 aliphatic heterocycles. The van der Waals surface area contributed by atoms with Crippen molar-refractivity contribution in [2.24, 2.45) is 0 Å². The maximum absolute atomic E-state index is 12.0. The first-order valence-electron chi connectivity index (χ1n) is 7.78. The van der Waals surface area contributed by atoms with Crippen LogP contribution >= 0.6 is 0 Å². The molecule has 118 valence electrons. The first-order valence-corrected chi connectivity index (χ1v) is 7.78. The van der Waals surface area contributed by atoms with E-state index in [2.05, 4.69) is 41.5 Å². The van der Waals surface area contributed by atoms with Crippen LogP contribution in [0.1, 0.15) is 38.7 Å². The molecule has 0 fully saturated rings. The van der Waals surface area contributed by atoms with E-state index in [9.17, 15) is 4.79 Å². The predicted octanol–water partition coefficient (Wildman–Crippen LogP) is 3.17. The van der Waals surface area contributed by atoms with Gasteiger partial charge >= 0.3 is 0 Å². The fourth-order valence-electron chi connectivity index (χ4n) is 2.24. The molecule has 21 heavy (non-hydrogen) atoms. The lowest BCUT2D eigenvalue weighted by Crippen LogP contribution is -2.38. The number of unbranched alkanes of at least 4 members (excludes halogenated alkanes) is 2. The van der Waals surface area contributed by atoms with E-state index in [0.29, 0.717) is 0 Å². The number of carbonyl (C=O) groups excluding carboxylic acids is 1. The van der Waals surface area contributed by atoms with E-state index in [-0.39, 0.29) is 11.9 Å². The Morgan fingerprint density at radius 3 is 2.62 bits per heavy atom. The number of carbonyl (C=O) groups is 1. The number of nitrogens with zero attached hydrogens (tertiary/aromatic N) is 1. The number of hydrogen-bond acceptors (Lipinski definition) is 3. The van der Waals surface area contributed by atoms with Gasteiger partial charge in [0.25, 0.3) is 0 Å². The summed E-state index contributed by atoms with van der Waals surface area (Å²) in [6, 6.07) is 5.94. The van der Waals surface area contributed by atoms with Gasteiger partial charge in [0.1, 0.15) is 6.04 Å². The fourth-order valence-corrected chi connectivity index (χ4v) is 2.24. The van der Waals surface area contributed by atoms with Crippen molar-refractivity contribution >= 4 is 17.3 Å². The summed E-state index contributed by atoms with van der Waals surface area (Å²) in [5.74, 6) is 0.0538. The molecular weight excluding hydrogens is 262 g/mol. The number of amides is 1. The molecule has 0 saturated heterocycles. The van der Waals surface area contributed by atoms with Crippen molar-refractivity contribution in [3.63, 3.8) is 0 Å². The molecule has 1 aromatic rings. The molecule has 0 aromatic heterocycles. The summed E-state index contributed by atoms with van der Waals surface area (Å²) in [6.07, 6.45) is 3.37. The molecule has 1 rings (SSSR count). The van der Waals surface area contributed by atoms with Gasteiger partial charge in [-0.25, -0.2) is 0 Å². The van der Waals surface area contributed by atoms with Gasteiger partial charge in [-0.05, 0) is 38.0 Å². The quantitative estimate of drug-likeness (QED) is 0.723. The second-order valence-electron chi connectivity index (χ2n) is 5.76. The van der Waals surface area contributed by atoms with E-state index in [1.165, 1.54) is 12.0 Å². The SMILES string of the molecule is CCCCCNC(=O)C(C)Nc1ccc(C)c(N(C)C)c1. The fraction of sp³-hybridized carbons (Fsp3) is 0.588. The highest BCUT2D eigenvalue weighted by Gasteiger charge is 2.12. The molecule has 0 saturated carbocycles. The molecule has 1 atom stereocenters. The first kappa shape index (κ1) is 17.3. The Balaban J connectivity index is 2.56. The van der Waals surface area contributed by atoms with Crippen molar-refractivity contribution in [1.82, 2.24) is 5.32 Å². The van der Waals surface area contributed by atoms with Crippen LogP contribution in [0.25, 0.3) is 0 Å². The van der Waals surface area contributed by atoms with Crippen LogP contribution in [0.5, 0.6) is 0 Å². The molecular formula is C17H29N3O. The Hall–Kier alpha value is -1.71. The lowest BCUT2D eigenvalue weighted by molar-refractivity contribution is -0.121. The standard InChI is InChI=1S/C17H29N3O/c1-6-7-8-11-18-17(21)14(3)19-15-10-9-13(2)16(12-15)20(4)5/h9-10,12,14,19H,6-8,11H2,1-5H3,(H,18,21). The van der Waals surface area contributed by atoms with Crippen LogP contribution in [-0.2, 0) is 4.79 Å². The third kappa shape index (κ3) is 5.66. The van der Waals surface area contributed by atoms with Crippen LogP contribution in [0.15, 0.2) is 18.2 Å². The number of nitrogens with one attached hydrogen (secondary N) is 2. The van der Waals surface area contributed by atoms with Crippen molar-refractivity contribution in [3.8, 4) is 0 Å². The maximum Gasteiger partial charge on any atom is 0.242 e. The zero-order chi connectivity index (χ0) is 15.8. The van der Waals surface area contributed by atoms with Gasteiger partial charge in [-0.3, -0.25) is 4.79 Å². The molecule has 0 aliphatic carbocycles. The maximum atomic E-state index is 12.0. The molecule has 0 radical (unpaired) electrons. The Kier molecular flexibility index (Phi) is 7.06. The monoisotopic (exact) mass is 291 g/mol. The van der Waals surface area contributed by atoms with Crippen LogP contribution in [-0.4, -0.2) is 32.6 Å². The minimum absolute atomic E-state index is 0.0538. The van der Waals surface area contributed by atoms with Crippen molar-refractivity contribution in [2.45, 2.75) is 46.1 Å². The van der Waals surface area contributed by atoms with E-state index in [0.717, 1.165) is 30.8 Å². The van der Waals surface area contributed by atoms with Gasteiger partial charge in [0.15, 0.2) is 0 Å². The summed E-state index contributed by atoms with van der Waals surface area (Å²) in [6.45, 7) is 6.90. The highest BCUT2D eigenvalue weighted by molar-refractivity contribution is 5.84. The Morgan fingerprint density at radius 1 is 1.29 bits per heavy atom. The minimum Gasteiger partial charge on any atom is -0.377 e. The van der Waals surface area contributed by atoms with E-state index in [1.807, 2.05) is 27.1 Å². The molecule has 0 heterocycles. The molecule has 0 aliphatic rings. The highest BCUT2D eigenvalue weighted by Crippen LogP contribution is 2.22. The van der Waals surface area contributed by atoms with Gasteiger partial charge in [-0.15, -0.1) is 0 Å². The Labute approximate surface area is 128 Å². The van der Waals surface area contributed by atoms with Crippen LogP contribution < -0.4 is 15.5 Å². The van der Waals surface area contributed by atoms with Crippen LogP contribution in [0, 0.1) is 6.92 Å². The zero-order valence-electron chi connectivity index (χ0n) is 14.0. The van der Waals surface area contributed by atoms with Crippen molar-refractivity contribution in [2.75, 3.05) is 30.9 Å². The molecule has 2 N–H and O–H groups in total. The highest BCUT2D eigenvalue weighted by atomic mass is 16.2. The van der Waals surface area contributed by atoms with Crippen LogP contribution in [0.2, 0.25) is 0 Å². The number of anilines is 2. The topological polar surface area (TPSA) is 44.4 Å². The molecule has 0 spiro atoms. The zero-order valence-corrected chi connectivity index (χ0v) is 14.0. The van der Waals surface area contributed by atoms with E-state index in [1.54, 1.807) is 0 Å². The van der Waals surface area contributed by atoms with Gasteiger partial charge in [0.05, 0.1) is 0 Å². The van der Waals surface area contributed by atoms with Gasteiger partial charge in [0, 0.05) is 32.0 Å². The van der Waals surface area contributed by atoms with Gasteiger partial charge in [-0.1, -0.05) is 25.8 Å². The summed E-state index contributed by atoms with van der Waals surface area (Å²) in [5.41, 5.74) is 3.36. The lowest BCUT2D eigenvalue weighted by Gasteiger charge is -2.20. The molecule has 4 nitrogen and oxygen atoms in total. The van der Waals surface area contributed by atoms with E-state index in [4.69, 9.17) is 0 Å². The summed E-state index contributed by atoms with van der Waals surface area (Å²) in [5, 5.41) is 6.24. The Bertz CT molecular complexity index is 457. The third-order valence-corrected chi connectivity index (χ3v) is 3.55. The largest absolute Gasteiger partial charge is 0.377 e. The minimum atomic E-state index is -0.232. The van der Waals surface area contributed by atoms with Crippen LogP contribution in [0.3, 0.4) is 0 Å². The molecule has 1 unspecified atom stereocenters. The first-order chi connectivity index (χ1) is 9.95. The van der Waals surface area contributed by atoms with E-state index >= 15 is 0 Å². The number of benzene rings is 1. The molecule has 4 heteroatoms. The van der Waals surface area contributed by atoms with Crippen molar-refractivity contribution in [3.05, 3.63) is 23.8 Å². The normalized spacial score (nSPS) is 11.9. The number of aryl methyl sites for hydroxylation is 1. The number of rotatable bonds is 8. The Morgan fingerprint density at radius 2 is 2.00 bits per heavy atom. The van der Waals surface area contributed by atoms with Gasteiger partial charge < -0.3 is 15.5 Å². The van der Waals surface area contributed by atoms with E-state index < -0.39 is 0 Å². The second-order valence-corrected chi connectivity index (χ2v) is 5.76.